The smallest absolute Gasteiger partial charge is 0.332 e. The molecule has 1 aromatic carbocycles. The van der Waals surface area contributed by atoms with Crippen LogP contribution in [0.1, 0.15) is 37.3 Å². The van der Waals surface area contributed by atoms with Crippen molar-refractivity contribution in [3.8, 4) is 0 Å². The van der Waals surface area contributed by atoms with E-state index in [1.807, 2.05) is 24.3 Å². The van der Waals surface area contributed by atoms with Crippen LogP contribution >= 0.6 is 11.6 Å². The summed E-state index contributed by atoms with van der Waals surface area (Å²) in [6, 6.07) is 7.40. The molecule has 5 nitrogen and oxygen atoms in total. The van der Waals surface area contributed by atoms with E-state index in [0.717, 1.165) is 18.4 Å². The van der Waals surface area contributed by atoms with Gasteiger partial charge >= 0.3 is 5.97 Å². The molecule has 1 saturated heterocycles. The van der Waals surface area contributed by atoms with Gasteiger partial charge in [0, 0.05) is 5.02 Å². The quantitative estimate of drug-likeness (QED) is 0.873. The number of nitrogens with one attached hydrogen (secondary N) is 1. The Labute approximate surface area is 133 Å². The lowest BCUT2D eigenvalue weighted by atomic mass is 10.0. The van der Waals surface area contributed by atoms with E-state index in [1.54, 1.807) is 0 Å². The number of hydrogen-bond acceptors (Lipinski definition) is 3. The summed E-state index contributed by atoms with van der Waals surface area (Å²) >= 11 is 5.90. The Bertz CT molecular complexity index is 570. The largest absolute Gasteiger partial charge is 0.479 e. The molecular weight excluding hydrogens is 306 g/mol. The monoisotopic (exact) mass is 323 g/mol. The predicted molar refractivity (Wildman–Crippen MR) is 80.6 cm³/mol. The van der Waals surface area contributed by atoms with Crippen molar-refractivity contribution in [3.05, 3.63) is 34.9 Å². The Morgan fingerprint density at radius 2 is 1.77 bits per heavy atom. The summed E-state index contributed by atoms with van der Waals surface area (Å²) in [6.45, 7) is 0. The van der Waals surface area contributed by atoms with E-state index in [1.165, 1.54) is 0 Å². The maximum absolute atomic E-state index is 12.3. The number of hydrogen-bond donors (Lipinski definition) is 2. The minimum Gasteiger partial charge on any atom is -0.479 e. The van der Waals surface area contributed by atoms with Gasteiger partial charge in [-0.05, 0) is 49.3 Å². The highest BCUT2D eigenvalue weighted by Gasteiger charge is 2.38. The van der Waals surface area contributed by atoms with E-state index in [0.29, 0.717) is 23.8 Å². The van der Waals surface area contributed by atoms with Crippen molar-refractivity contribution < 1.29 is 19.4 Å². The van der Waals surface area contributed by atoms with Crippen LogP contribution in [0.3, 0.4) is 0 Å². The second-order valence-electron chi connectivity index (χ2n) is 5.90. The van der Waals surface area contributed by atoms with Gasteiger partial charge in [0.2, 0.25) is 5.91 Å². The molecule has 0 radical (unpaired) electrons. The molecule has 1 saturated carbocycles. The molecule has 2 aliphatic rings. The summed E-state index contributed by atoms with van der Waals surface area (Å²) in [5, 5.41) is 12.6. The average Bonchev–Trinajstić information content (AvgIpc) is 3.20. The zero-order valence-electron chi connectivity index (χ0n) is 12.0. The van der Waals surface area contributed by atoms with Gasteiger partial charge in [0.05, 0.1) is 6.04 Å². The van der Waals surface area contributed by atoms with Gasteiger partial charge < -0.3 is 15.2 Å². The van der Waals surface area contributed by atoms with Crippen LogP contribution in [0.25, 0.3) is 0 Å². The van der Waals surface area contributed by atoms with E-state index < -0.39 is 18.2 Å². The van der Waals surface area contributed by atoms with Gasteiger partial charge in [-0.2, -0.15) is 0 Å². The Morgan fingerprint density at radius 1 is 1.14 bits per heavy atom. The zero-order chi connectivity index (χ0) is 15.7. The fraction of sp³-hybridized carbons (Fsp3) is 0.500. The van der Waals surface area contributed by atoms with Crippen molar-refractivity contribution in [2.45, 2.75) is 43.9 Å². The molecule has 1 aliphatic carbocycles. The third-order valence-corrected chi connectivity index (χ3v) is 4.46. The van der Waals surface area contributed by atoms with Crippen molar-refractivity contribution in [2.75, 3.05) is 0 Å². The van der Waals surface area contributed by atoms with Crippen LogP contribution < -0.4 is 5.32 Å². The van der Waals surface area contributed by atoms with Gasteiger partial charge in [-0.3, -0.25) is 4.79 Å². The molecule has 3 rings (SSSR count). The van der Waals surface area contributed by atoms with Crippen molar-refractivity contribution in [1.29, 1.82) is 0 Å². The lowest BCUT2D eigenvalue weighted by Gasteiger charge is -2.21. The summed E-state index contributed by atoms with van der Waals surface area (Å²) < 4.78 is 5.31. The number of halogens is 1. The number of ether oxygens (including phenoxy) is 1. The van der Waals surface area contributed by atoms with Gasteiger partial charge in [0.15, 0.2) is 6.10 Å². The lowest BCUT2D eigenvalue weighted by Crippen LogP contribution is -2.38. The first kappa shape index (κ1) is 15.3. The highest BCUT2D eigenvalue weighted by Crippen LogP contribution is 2.41. The number of carboxylic acids is 1. The van der Waals surface area contributed by atoms with Gasteiger partial charge in [0.1, 0.15) is 6.10 Å². The fourth-order valence-corrected chi connectivity index (χ4v) is 2.96. The minimum atomic E-state index is -1.01. The maximum Gasteiger partial charge on any atom is 0.332 e. The molecule has 1 aromatic rings. The number of aliphatic carboxylic acids is 1. The summed E-state index contributed by atoms with van der Waals surface area (Å²) in [4.78, 5) is 23.2. The molecule has 1 aliphatic heterocycles. The van der Waals surface area contributed by atoms with Crippen molar-refractivity contribution in [3.63, 3.8) is 0 Å². The van der Waals surface area contributed by atoms with Crippen molar-refractivity contribution in [2.24, 2.45) is 5.92 Å². The number of benzene rings is 1. The first-order chi connectivity index (χ1) is 10.5. The Morgan fingerprint density at radius 3 is 2.32 bits per heavy atom. The summed E-state index contributed by atoms with van der Waals surface area (Å²) in [5.41, 5.74) is 1.02. The van der Waals surface area contributed by atoms with Crippen LogP contribution in [-0.2, 0) is 14.3 Å². The van der Waals surface area contributed by atoms with Gasteiger partial charge in [0.25, 0.3) is 0 Å². The Kier molecular flexibility index (Phi) is 4.36. The topological polar surface area (TPSA) is 75.6 Å². The predicted octanol–water partition coefficient (Wildman–Crippen LogP) is 2.54. The average molecular weight is 324 g/mol. The molecule has 1 heterocycles. The number of amides is 1. The van der Waals surface area contributed by atoms with E-state index in [4.69, 9.17) is 21.4 Å². The van der Waals surface area contributed by atoms with Crippen LogP contribution in [0.2, 0.25) is 5.02 Å². The molecule has 1 unspecified atom stereocenters. The second kappa shape index (κ2) is 6.26. The molecule has 118 valence electrons. The Hall–Kier alpha value is -1.59. The minimum absolute atomic E-state index is 0.0581. The van der Waals surface area contributed by atoms with Crippen molar-refractivity contribution >= 4 is 23.5 Å². The molecule has 22 heavy (non-hydrogen) atoms. The first-order valence-corrected chi connectivity index (χ1v) is 7.86. The molecule has 0 aromatic heterocycles. The van der Waals surface area contributed by atoms with Crippen LogP contribution in [0.4, 0.5) is 0 Å². The van der Waals surface area contributed by atoms with Crippen molar-refractivity contribution in [1.82, 2.24) is 5.32 Å². The third-order valence-electron chi connectivity index (χ3n) is 4.21. The van der Waals surface area contributed by atoms with Gasteiger partial charge in [-0.15, -0.1) is 0 Å². The molecule has 2 N–H and O–H groups in total. The molecule has 0 bridgehead atoms. The van der Waals surface area contributed by atoms with Gasteiger partial charge in [-0.1, -0.05) is 23.7 Å². The summed E-state index contributed by atoms with van der Waals surface area (Å²) in [7, 11) is 0. The zero-order valence-corrected chi connectivity index (χ0v) is 12.8. The molecule has 6 heteroatoms. The lowest BCUT2D eigenvalue weighted by molar-refractivity contribution is -0.152. The normalized spacial score (nSPS) is 25.7. The molecule has 0 spiro atoms. The molecular formula is C16H18ClNO4. The van der Waals surface area contributed by atoms with Gasteiger partial charge in [-0.25, -0.2) is 4.79 Å². The van der Waals surface area contributed by atoms with E-state index in [2.05, 4.69) is 5.32 Å². The number of carboxylic acid groups (broad SMARTS) is 1. The molecule has 3 atom stereocenters. The Balaban J connectivity index is 1.65. The van der Waals surface area contributed by atoms with Crippen LogP contribution in [0, 0.1) is 5.92 Å². The number of carbonyl (C=O) groups is 2. The first-order valence-electron chi connectivity index (χ1n) is 7.48. The van der Waals surface area contributed by atoms with Crippen LogP contribution in [0.5, 0.6) is 0 Å². The van der Waals surface area contributed by atoms with Crippen LogP contribution in [-0.4, -0.2) is 29.2 Å². The number of carbonyl (C=O) groups excluding carboxylic acids is 1. The highest BCUT2D eigenvalue weighted by atomic mass is 35.5. The van der Waals surface area contributed by atoms with E-state index in [9.17, 15) is 9.59 Å². The summed E-state index contributed by atoms with van der Waals surface area (Å²) in [6.07, 6.45) is 1.44. The van der Waals surface area contributed by atoms with Crippen LogP contribution in [0.15, 0.2) is 24.3 Å². The molecule has 1 amide bonds. The fourth-order valence-electron chi connectivity index (χ4n) is 2.83. The maximum atomic E-state index is 12.3. The SMILES string of the molecule is O=C(NC(c1ccc(Cl)cc1)C1CC1)[C@@H]1CC[C@H](C(=O)O)O1. The second-order valence-corrected chi connectivity index (χ2v) is 6.34. The highest BCUT2D eigenvalue weighted by molar-refractivity contribution is 6.30. The summed E-state index contributed by atoms with van der Waals surface area (Å²) in [5.74, 6) is -0.802. The number of rotatable bonds is 5. The molecule has 2 fully saturated rings. The van der Waals surface area contributed by atoms with E-state index >= 15 is 0 Å². The standard InChI is InChI=1S/C16H18ClNO4/c17-11-5-3-10(4-6-11)14(9-1-2-9)18-15(19)12-7-8-13(22-12)16(20)21/h3-6,9,12-14H,1-2,7-8H2,(H,18,19)(H,20,21)/t12-,13+,14?/m0/s1. The van der Waals surface area contributed by atoms with E-state index in [-0.39, 0.29) is 11.9 Å². The third kappa shape index (κ3) is 3.42.